The van der Waals surface area contributed by atoms with Gasteiger partial charge in [0.1, 0.15) is 11.5 Å². The van der Waals surface area contributed by atoms with E-state index in [0.717, 1.165) is 29.1 Å². The standard InChI is InChI=1S/C18H26N4O3/c1-18(2,3)11-14-17(19-9-10-25-4)22-12-13(5-7-15(22)20-14)6-8-16(23)21-24/h5-8,12,19,24H,9-11H2,1-4H3,(H,21,23)/b8-6+. The molecule has 0 saturated heterocycles. The molecular weight excluding hydrogens is 320 g/mol. The van der Waals surface area contributed by atoms with Crippen molar-refractivity contribution < 1.29 is 14.7 Å². The van der Waals surface area contributed by atoms with E-state index in [2.05, 4.69) is 26.1 Å². The zero-order valence-electron chi connectivity index (χ0n) is 15.2. The highest BCUT2D eigenvalue weighted by molar-refractivity contribution is 5.90. The topological polar surface area (TPSA) is 87.9 Å². The number of fused-ring (bicyclic) bond motifs is 1. The number of hydrogen-bond acceptors (Lipinski definition) is 5. The van der Waals surface area contributed by atoms with Crippen LogP contribution in [0.2, 0.25) is 0 Å². The average Bonchev–Trinajstić information content (AvgIpc) is 2.87. The van der Waals surface area contributed by atoms with Crippen molar-refractivity contribution in [1.82, 2.24) is 14.9 Å². The fourth-order valence-electron chi connectivity index (χ4n) is 2.50. The molecule has 0 aliphatic carbocycles. The van der Waals surface area contributed by atoms with Gasteiger partial charge in [0.05, 0.1) is 12.3 Å². The molecule has 0 spiro atoms. The summed E-state index contributed by atoms with van der Waals surface area (Å²) < 4.78 is 7.10. The molecule has 0 bridgehead atoms. The molecule has 0 saturated carbocycles. The lowest BCUT2D eigenvalue weighted by molar-refractivity contribution is -0.124. The zero-order chi connectivity index (χ0) is 18.4. The third-order valence-corrected chi connectivity index (χ3v) is 3.55. The Morgan fingerprint density at radius 3 is 2.80 bits per heavy atom. The molecule has 2 rings (SSSR count). The lowest BCUT2D eigenvalue weighted by Crippen LogP contribution is -2.15. The van der Waals surface area contributed by atoms with Crippen LogP contribution < -0.4 is 10.8 Å². The van der Waals surface area contributed by atoms with Crippen molar-refractivity contribution in [3.05, 3.63) is 35.7 Å². The summed E-state index contributed by atoms with van der Waals surface area (Å²) in [5, 5.41) is 12.0. The Hall–Kier alpha value is -2.38. The van der Waals surface area contributed by atoms with Crippen LogP contribution in [0.5, 0.6) is 0 Å². The molecular formula is C18H26N4O3. The summed E-state index contributed by atoms with van der Waals surface area (Å²) in [6.45, 7) is 7.81. The highest BCUT2D eigenvalue weighted by Gasteiger charge is 2.19. The van der Waals surface area contributed by atoms with Gasteiger partial charge < -0.3 is 10.1 Å². The summed E-state index contributed by atoms with van der Waals surface area (Å²) in [5.41, 5.74) is 4.34. The highest BCUT2D eigenvalue weighted by atomic mass is 16.5. The second kappa shape index (κ2) is 8.13. The number of methoxy groups -OCH3 is 1. The minimum atomic E-state index is -0.572. The molecule has 0 aliphatic rings. The van der Waals surface area contributed by atoms with Crippen LogP contribution in [0.15, 0.2) is 24.4 Å². The molecule has 7 heteroatoms. The van der Waals surface area contributed by atoms with E-state index in [-0.39, 0.29) is 5.41 Å². The molecule has 2 heterocycles. The Morgan fingerprint density at radius 1 is 1.40 bits per heavy atom. The fourth-order valence-corrected chi connectivity index (χ4v) is 2.50. The number of imidazole rings is 1. The molecule has 0 radical (unpaired) electrons. The van der Waals surface area contributed by atoms with Gasteiger partial charge in [-0.25, -0.2) is 10.5 Å². The number of rotatable bonds is 7. The Kier molecular flexibility index (Phi) is 6.17. The van der Waals surface area contributed by atoms with Crippen LogP contribution in [-0.4, -0.2) is 40.8 Å². The molecule has 7 nitrogen and oxygen atoms in total. The molecule has 25 heavy (non-hydrogen) atoms. The van der Waals surface area contributed by atoms with Gasteiger partial charge in [-0.05, 0) is 35.6 Å². The van der Waals surface area contributed by atoms with Gasteiger partial charge in [0.2, 0.25) is 0 Å². The first-order chi connectivity index (χ1) is 11.8. The van der Waals surface area contributed by atoms with E-state index in [0.29, 0.717) is 13.2 Å². The third-order valence-electron chi connectivity index (χ3n) is 3.55. The average molecular weight is 346 g/mol. The summed E-state index contributed by atoms with van der Waals surface area (Å²) >= 11 is 0. The summed E-state index contributed by atoms with van der Waals surface area (Å²) in [5.74, 6) is 0.362. The van der Waals surface area contributed by atoms with Crippen LogP contribution in [0, 0.1) is 5.41 Å². The van der Waals surface area contributed by atoms with E-state index < -0.39 is 5.91 Å². The van der Waals surface area contributed by atoms with Crippen molar-refractivity contribution >= 4 is 23.4 Å². The number of aromatic nitrogens is 2. The van der Waals surface area contributed by atoms with Crippen LogP contribution in [-0.2, 0) is 16.0 Å². The van der Waals surface area contributed by atoms with Gasteiger partial charge >= 0.3 is 0 Å². The molecule has 3 N–H and O–H groups in total. The molecule has 0 aromatic carbocycles. The SMILES string of the molecule is COCCNc1c(CC(C)(C)C)nc2ccc(/C=C/C(=O)NO)cn12. The van der Waals surface area contributed by atoms with E-state index in [1.165, 1.54) is 6.08 Å². The number of amides is 1. The number of pyridine rings is 1. The highest BCUT2D eigenvalue weighted by Crippen LogP contribution is 2.27. The number of carbonyl (C=O) groups is 1. The van der Waals surface area contributed by atoms with E-state index in [4.69, 9.17) is 14.9 Å². The van der Waals surface area contributed by atoms with Gasteiger partial charge in [-0.2, -0.15) is 0 Å². The van der Waals surface area contributed by atoms with Gasteiger partial charge in [-0.3, -0.25) is 14.4 Å². The van der Waals surface area contributed by atoms with Crippen molar-refractivity contribution in [2.24, 2.45) is 5.41 Å². The van der Waals surface area contributed by atoms with Gasteiger partial charge in [0, 0.05) is 25.9 Å². The minimum absolute atomic E-state index is 0.109. The number of hydroxylamine groups is 1. The van der Waals surface area contributed by atoms with Crippen molar-refractivity contribution in [2.45, 2.75) is 27.2 Å². The predicted molar refractivity (Wildman–Crippen MR) is 97.7 cm³/mol. The fraction of sp³-hybridized carbons (Fsp3) is 0.444. The Balaban J connectivity index is 2.41. The molecule has 2 aromatic rings. The molecule has 0 aliphatic heterocycles. The lowest BCUT2D eigenvalue weighted by atomic mass is 9.90. The molecule has 2 aromatic heterocycles. The molecule has 0 atom stereocenters. The van der Waals surface area contributed by atoms with Crippen molar-refractivity contribution in [3.8, 4) is 0 Å². The van der Waals surface area contributed by atoms with Crippen LogP contribution in [0.25, 0.3) is 11.7 Å². The van der Waals surface area contributed by atoms with Crippen LogP contribution in [0.4, 0.5) is 5.82 Å². The van der Waals surface area contributed by atoms with Gasteiger partial charge in [0.25, 0.3) is 5.91 Å². The summed E-state index contributed by atoms with van der Waals surface area (Å²) in [4.78, 5) is 15.9. The third kappa shape index (κ3) is 5.30. The number of hydrogen-bond donors (Lipinski definition) is 3. The largest absolute Gasteiger partial charge is 0.383 e. The monoisotopic (exact) mass is 346 g/mol. The van der Waals surface area contributed by atoms with E-state index in [9.17, 15) is 4.79 Å². The zero-order valence-corrected chi connectivity index (χ0v) is 15.2. The first-order valence-corrected chi connectivity index (χ1v) is 8.20. The summed E-state index contributed by atoms with van der Waals surface area (Å²) in [6.07, 6.45) is 5.65. The number of anilines is 1. The van der Waals surface area contributed by atoms with Gasteiger partial charge in [-0.1, -0.05) is 20.8 Å². The van der Waals surface area contributed by atoms with Crippen LogP contribution in [0.1, 0.15) is 32.0 Å². The van der Waals surface area contributed by atoms with Crippen LogP contribution >= 0.6 is 0 Å². The second-order valence-corrected chi connectivity index (χ2v) is 7.06. The van der Waals surface area contributed by atoms with Gasteiger partial charge in [0.15, 0.2) is 0 Å². The number of nitrogens with zero attached hydrogens (tertiary/aromatic N) is 2. The smallest absolute Gasteiger partial charge is 0.267 e. The first kappa shape index (κ1) is 19.0. The van der Waals surface area contributed by atoms with E-state index >= 15 is 0 Å². The van der Waals surface area contributed by atoms with E-state index in [1.807, 2.05) is 22.7 Å². The maximum Gasteiger partial charge on any atom is 0.267 e. The Bertz CT molecular complexity index is 760. The molecule has 0 unspecified atom stereocenters. The molecule has 136 valence electrons. The molecule has 0 fully saturated rings. The number of ether oxygens (including phenoxy) is 1. The Morgan fingerprint density at radius 2 is 2.16 bits per heavy atom. The van der Waals surface area contributed by atoms with Crippen molar-refractivity contribution in [1.29, 1.82) is 0 Å². The maximum absolute atomic E-state index is 11.2. The second-order valence-electron chi connectivity index (χ2n) is 7.06. The Labute approximate surface area is 147 Å². The van der Waals surface area contributed by atoms with Crippen molar-refractivity contribution in [3.63, 3.8) is 0 Å². The first-order valence-electron chi connectivity index (χ1n) is 8.20. The number of nitrogens with one attached hydrogen (secondary N) is 2. The van der Waals surface area contributed by atoms with Crippen LogP contribution in [0.3, 0.4) is 0 Å². The van der Waals surface area contributed by atoms with Gasteiger partial charge in [-0.15, -0.1) is 0 Å². The predicted octanol–water partition coefficient (Wildman–Crippen LogP) is 2.50. The maximum atomic E-state index is 11.2. The van der Waals surface area contributed by atoms with E-state index in [1.54, 1.807) is 18.7 Å². The lowest BCUT2D eigenvalue weighted by Gasteiger charge is -2.18. The molecule has 1 amide bonds. The summed E-state index contributed by atoms with van der Waals surface area (Å²) in [6, 6.07) is 3.79. The normalized spacial score (nSPS) is 12.0. The van der Waals surface area contributed by atoms with Crippen molar-refractivity contribution in [2.75, 3.05) is 25.6 Å². The minimum Gasteiger partial charge on any atom is -0.383 e. The quantitative estimate of drug-likeness (QED) is 0.310. The summed E-state index contributed by atoms with van der Waals surface area (Å²) in [7, 11) is 1.67. The number of carbonyl (C=O) groups excluding carboxylic acids is 1.